The first-order chi connectivity index (χ1) is 15.8. The zero-order chi connectivity index (χ0) is 24.0. The molecule has 0 spiro atoms. The Morgan fingerprint density at radius 2 is 1.73 bits per heavy atom. The number of hydrogen-bond acceptors (Lipinski definition) is 4. The fourth-order valence-electron chi connectivity index (χ4n) is 3.73. The third kappa shape index (κ3) is 6.15. The number of halogens is 2. The number of methoxy groups -OCH3 is 1. The fraction of sp³-hybridized carbons (Fsp3) is 0.320. The van der Waals surface area contributed by atoms with E-state index >= 15 is 0 Å². The number of carbonyl (C=O) groups is 3. The lowest BCUT2D eigenvalue weighted by molar-refractivity contribution is -0.145. The SMILES string of the molecule is COC(=O)C(C)NC(=O)C1CCN(C(=O)C=Cc2ccc(-c3ccccc3)c(Cl)c2Cl)CC1. The van der Waals surface area contributed by atoms with Crippen LogP contribution in [0.3, 0.4) is 0 Å². The second-order valence-corrected chi connectivity index (χ2v) is 8.64. The summed E-state index contributed by atoms with van der Waals surface area (Å²) in [5.74, 6) is -1.09. The van der Waals surface area contributed by atoms with Crippen LogP contribution >= 0.6 is 23.2 Å². The van der Waals surface area contributed by atoms with Gasteiger partial charge in [-0.05, 0) is 37.0 Å². The van der Waals surface area contributed by atoms with Crippen molar-refractivity contribution in [3.05, 3.63) is 64.1 Å². The quantitative estimate of drug-likeness (QED) is 0.476. The number of ether oxygens (including phenoxy) is 1. The predicted octanol–water partition coefficient (Wildman–Crippen LogP) is 4.59. The Balaban J connectivity index is 1.58. The summed E-state index contributed by atoms with van der Waals surface area (Å²) in [6.07, 6.45) is 4.18. The van der Waals surface area contributed by atoms with Crippen molar-refractivity contribution in [2.75, 3.05) is 20.2 Å². The first kappa shape index (κ1) is 24.8. The minimum Gasteiger partial charge on any atom is -0.467 e. The summed E-state index contributed by atoms with van der Waals surface area (Å²) in [5, 5.41) is 3.48. The van der Waals surface area contributed by atoms with Crippen molar-refractivity contribution >= 4 is 47.1 Å². The van der Waals surface area contributed by atoms with Gasteiger partial charge in [0.2, 0.25) is 11.8 Å². The molecule has 1 saturated heterocycles. The van der Waals surface area contributed by atoms with E-state index in [0.717, 1.165) is 11.1 Å². The predicted molar refractivity (Wildman–Crippen MR) is 130 cm³/mol. The molecule has 1 unspecified atom stereocenters. The number of piperidine rings is 1. The van der Waals surface area contributed by atoms with Crippen molar-refractivity contribution < 1.29 is 19.1 Å². The van der Waals surface area contributed by atoms with Crippen molar-refractivity contribution in [2.45, 2.75) is 25.8 Å². The van der Waals surface area contributed by atoms with Gasteiger partial charge in [0.05, 0.1) is 17.2 Å². The smallest absolute Gasteiger partial charge is 0.328 e. The number of likely N-dealkylation sites (tertiary alicyclic amines) is 1. The van der Waals surface area contributed by atoms with Crippen LogP contribution < -0.4 is 5.32 Å². The van der Waals surface area contributed by atoms with Gasteiger partial charge < -0.3 is 15.0 Å². The molecule has 2 aromatic rings. The number of benzene rings is 2. The number of hydrogen-bond donors (Lipinski definition) is 1. The Hall–Kier alpha value is -2.83. The Kier molecular flexibility index (Phi) is 8.53. The summed E-state index contributed by atoms with van der Waals surface area (Å²) in [6.45, 7) is 2.49. The van der Waals surface area contributed by atoms with Crippen molar-refractivity contribution in [2.24, 2.45) is 5.92 Å². The van der Waals surface area contributed by atoms with Gasteiger partial charge in [0.15, 0.2) is 0 Å². The van der Waals surface area contributed by atoms with Gasteiger partial charge in [-0.1, -0.05) is 65.7 Å². The second kappa shape index (κ2) is 11.3. The molecule has 0 bridgehead atoms. The molecule has 1 heterocycles. The van der Waals surface area contributed by atoms with Crippen LogP contribution in [0.1, 0.15) is 25.3 Å². The topological polar surface area (TPSA) is 75.7 Å². The lowest BCUT2D eigenvalue weighted by Crippen LogP contribution is -2.46. The number of amides is 2. The summed E-state index contributed by atoms with van der Waals surface area (Å²) in [7, 11) is 1.28. The van der Waals surface area contributed by atoms with Crippen LogP contribution in [-0.2, 0) is 19.1 Å². The molecule has 0 aromatic heterocycles. The first-order valence-corrected chi connectivity index (χ1v) is 11.5. The van der Waals surface area contributed by atoms with Gasteiger partial charge in [-0.2, -0.15) is 0 Å². The summed E-state index contributed by atoms with van der Waals surface area (Å²) >= 11 is 12.9. The molecule has 8 heteroatoms. The van der Waals surface area contributed by atoms with Gasteiger partial charge in [-0.3, -0.25) is 9.59 Å². The number of nitrogens with zero attached hydrogens (tertiary/aromatic N) is 1. The van der Waals surface area contributed by atoms with E-state index < -0.39 is 12.0 Å². The monoisotopic (exact) mass is 488 g/mol. The van der Waals surface area contributed by atoms with Gasteiger partial charge in [0.25, 0.3) is 0 Å². The lowest BCUT2D eigenvalue weighted by atomic mass is 9.95. The van der Waals surface area contributed by atoms with E-state index in [9.17, 15) is 14.4 Å². The lowest BCUT2D eigenvalue weighted by Gasteiger charge is -2.31. The van der Waals surface area contributed by atoms with E-state index in [-0.39, 0.29) is 17.7 Å². The van der Waals surface area contributed by atoms with Crippen LogP contribution in [0.5, 0.6) is 0 Å². The van der Waals surface area contributed by atoms with E-state index in [1.807, 2.05) is 42.5 Å². The number of carbonyl (C=O) groups excluding carboxylic acids is 3. The average molecular weight is 489 g/mol. The van der Waals surface area contributed by atoms with E-state index in [1.165, 1.54) is 13.2 Å². The number of esters is 1. The molecule has 33 heavy (non-hydrogen) atoms. The molecule has 2 amide bonds. The summed E-state index contributed by atoms with van der Waals surface area (Å²) in [4.78, 5) is 38.2. The molecule has 1 N–H and O–H groups in total. The fourth-order valence-corrected chi connectivity index (χ4v) is 4.24. The molecule has 0 radical (unpaired) electrons. The van der Waals surface area contributed by atoms with Crippen LogP contribution in [0.2, 0.25) is 10.0 Å². The van der Waals surface area contributed by atoms with Crippen molar-refractivity contribution in [1.82, 2.24) is 10.2 Å². The Bertz CT molecular complexity index is 1050. The van der Waals surface area contributed by atoms with Crippen molar-refractivity contribution in [1.29, 1.82) is 0 Å². The van der Waals surface area contributed by atoms with Gasteiger partial charge in [-0.25, -0.2) is 4.79 Å². The van der Waals surface area contributed by atoms with E-state index in [0.29, 0.717) is 41.5 Å². The molecule has 0 saturated carbocycles. The largest absolute Gasteiger partial charge is 0.467 e. The third-order valence-corrected chi connectivity index (χ3v) is 6.59. The minimum absolute atomic E-state index is 0.156. The number of rotatable bonds is 6. The normalized spacial score (nSPS) is 15.3. The van der Waals surface area contributed by atoms with Crippen LogP contribution in [0.4, 0.5) is 0 Å². The highest BCUT2D eigenvalue weighted by atomic mass is 35.5. The average Bonchev–Trinajstić information content (AvgIpc) is 2.84. The van der Waals surface area contributed by atoms with Gasteiger partial charge in [0, 0.05) is 30.6 Å². The molecular weight excluding hydrogens is 463 g/mol. The Morgan fingerprint density at radius 1 is 1.06 bits per heavy atom. The summed E-state index contributed by atoms with van der Waals surface area (Å²) < 4.78 is 4.62. The van der Waals surface area contributed by atoms with Crippen molar-refractivity contribution in [3.63, 3.8) is 0 Å². The highest BCUT2D eigenvalue weighted by Crippen LogP contribution is 2.36. The molecule has 1 aliphatic rings. The van der Waals surface area contributed by atoms with E-state index in [2.05, 4.69) is 10.1 Å². The maximum absolute atomic E-state index is 12.6. The summed E-state index contributed by atoms with van der Waals surface area (Å²) in [5.41, 5.74) is 2.44. The van der Waals surface area contributed by atoms with Crippen LogP contribution in [0.25, 0.3) is 17.2 Å². The highest BCUT2D eigenvalue weighted by molar-refractivity contribution is 6.44. The maximum atomic E-state index is 12.6. The molecular formula is C25H26Cl2N2O4. The molecule has 3 rings (SSSR count). The molecule has 6 nitrogen and oxygen atoms in total. The zero-order valence-corrected chi connectivity index (χ0v) is 20.0. The summed E-state index contributed by atoms with van der Waals surface area (Å²) in [6, 6.07) is 12.7. The number of nitrogens with one attached hydrogen (secondary N) is 1. The van der Waals surface area contributed by atoms with Gasteiger partial charge >= 0.3 is 5.97 Å². The highest BCUT2D eigenvalue weighted by Gasteiger charge is 2.28. The van der Waals surface area contributed by atoms with Crippen LogP contribution in [-0.4, -0.2) is 48.9 Å². The third-order valence-electron chi connectivity index (χ3n) is 5.69. The van der Waals surface area contributed by atoms with E-state index in [4.69, 9.17) is 23.2 Å². The minimum atomic E-state index is -0.699. The molecule has 0 aliphatic carbocycles. The standard InChI is InChI=1S/C25H26Cl2N2O4/c1-16(25(32)33-2)28-24(31)19-12-14-29(15-13-19)21(30)11-9-18-8-10-20(23(27)22(18)26)17-6-4-3-5-7-17/h3-11,16,19H,12-15H2,1-2H3,(H,28,31). The van der Waals surface area contributed by atoms with Crippen LogP contribution in [0.15, 0.2) is 48.5 Å². The van der Waals surface area contributed by atoms with Gasteiger partial charge in [0.1, 0.15) is 6.04 Å². The van der Waals surface area contributed by atoms with Crippen molar-refractivity contribution in [3.8, 4) is 11.1 Å². The molecule has 1 atom stereocenters. The van der Waals surface area contributed by atoms with Crippen LogP contribution in [0, 0.1) is 5.92 Å². The molecule has 1 aliphatic heterocycles. The molecule has 2 aromatic carbocycles. The second-order valence-electron chi connectivity index (χ2n) is 7.88. The Labute approximate surface area is 203 Å². The van der Waals surface area contributed by atoms with E-state index in [1.54, 1.807) is 17.9 Å². The maximum Gasteiger partial charge on any atom is 0.328 e. The first-order valence-electron chi connectivity index (χ1n) is 10.7. The Morgan fingerprint density at radius 3 is 2.36 bits per heavy atom. The molecule has 1 fully saturated rings. The zero-order valence-electron chi connectivity index (χ0n) is 18.5. The van der Waals surface area contributed by atoms with Gasteiger partial charge in [-0.15, -0.1) is 0 Å². The molecule has 174 valence electrons.